The fourth-order valence-electron chi connectivity index (χ4n) is 3.40. The average molecular weight is 412 g/mol. The molecule has 3 aromatic rings. The van der Waals surface area contributed by atoms with E-state index in [4.69, 9.17) is 4.42 Å². The molecule has 8 heteroatoms. The van der Waals surface area contributed by atoms with Crippen LogP contribution in [0, 0.1) is 13.8 Å². The van der Waals surface area contributed by atoms with E-state index >= 15 is 0 Å². The van der Waals surface area contributed by atoms with Gasteiger partial charge in [0.1, 0.15) is 0 Å². The highest BCUT2D eigenvalue weighted by molar-refractivity contribution is 7.09. The van der Waals surface area contributed by atoms with Crippen molar-refractivity contribution in [3.05, 3.63) is 51.8 Å². The number of aromatic nitrogens is 3. The fraction of sp³-hybridized carbons (Fsp3) is 0.429. The van der Waals surface area contributed by atoms with Gasteiger partial charge in [-0.1, -0.05) is 17.7 Å². The minimum absolute atomic E-state index is 0.143. The number of piperazine rings is 1. The summed E-state index contributed by atoms with van der Waals surface area (Å²) >= 11 is 1.68. The summed E-state index contributed by atoms with van der Waals surface area (Å²) in [6, 6.07) is 7.95. The first kappa shape index (κ1) is 19.7. The van der Waals surface area contributed by atoms with Crippen LogP contribution in [0.25, 0.3) is 11.5 Å². The molecule has 1 aromatic carbocycles. The van der Waals surface area contributed by atoms with Crippen LogP contribution in [0.3, 0.4) is 0 Å². The number of aryl methyl sites for hydroxylation is 3. The van der Waals surface area contributed by atoms with E-state index < -0.39 is 0 Å². The van der Waals surface area contributed by atoms with E-state index in [1.165, 1.54) is 5.56 Å². The summed E-state index contributed by atoms with van der Waals surface area (Å²) in [5.74, 6) is 1.15. The van der Waals surface area contributed by atoms with Crippen molar-refractivity contribution in [1.29, 1.82) is 0 Å². The first-order chi connectivity index (χ1) is 14.1. The summed E-state index contributed by atoms with van der Waals surface area (Å²) in [5, 5.41) is 11.4. The number of amides is 1. The van der Waals surface area contributed by atoms with Crippen molar-refractivity contribution in [3.63, 3.8) is 0 Å². The van der Waals surface area contributed by atoms with Crippen molar-refractivity contribution in [2.45, 2.75) is 33.2 Å². The third-order valence-corrected chi connectivity index (χ3v) is 5.92. The summed E-state index contributed by atoms with van der Waals surface area (Å²) in [6.07, 6.45) is 0.858. The second kappa shape index (κ2) is 8.84. The molecule has 0 aliphatic carbocycles. The molecule has 7 nitrogen and oxygen atoms in total. The zero-order valence-corrected chi connectivity index (χ0v) is 17.6. The largest absolute Gasteiger partial charge is 0.421 e. The number of benzene rings is 1. The van der Waals surface area contributed by atoms with E-state index in [0.717, 1.165) is 49.0 Å². The molecule has 2 aromatic heterocycles. The zero-order chi connectivity index (χ0) is 20.2. The second-order valence-corrected chi connectivity index (χ2v) is 8.44. The number of thiazole rings is 1. The number of nitrogens with zero attached hydrogens (tertiary/aromatic N) is 5. The van der Waals surface area contributed by atoms with Gasteiger partial charge in [0.2, 0.25) is 17.7 Å². The lowest BCUT2D eigenvalue weighted by atomic mass is 10.1. The quantitative estimate of drug-likeness (QED) is 0.620. The molecule has 4 rings (SSSR count). The first-order valence-corrected chi connectivity index (χ1v) is 10.8. The normalized spacial score (nSPS) is 15.0. The monoisotopic (exact) mass is 411 g/mol. The Balaban J connectivity index is 1.24. The molecule has 1 aliphatic rings. The molecule has 0 unspecified atom stereocenters. The Morgan fingerprint density at radius 1 is 1.10 bits per heavy atom. The van der Waals surface area contributed by atoms with Crippen molar-refractivity contribution in [3.8, 4) is 11.5 Å². The molecular formula is C21H25N5O2S. The van der Waals surface area contributed by atoms with Crippen molar-refractivity contribution in [2.24, 2.45) is 0 Å². The summed E-state index contributed by atoms with van der Waals surface area (Å²) in [4.78, 5) is 21.4. The van der Waals surface area contributed by atoms with E-state index in [2.05, 4.69) is 25.5 Å². The smallest absolute Gasteiger partial charge is 0.247 e. The van der Waals surface area contributed by atoms with Crippen LogP contribution in [0.15, 0.2) is 34.1 Å². The maximum Gasteiger partial charge on any atom is 0.247 e. The molecule has 0 radical (unpaired) electrons. The van der Waals surface area contributed by atoms with Gasteiger partial charge in [-0.05, 0) is 26.0 Å². The molecule has 3 heterocycles. The highest BCUT2D eigenvalue weighted by Gasteiger charge is 2.22. The van der Waals surface area contributed by atoms with Crippen LogP contribution in [-0.2, 0) is 17.8 Å². The SMILES string of the molecule is Cc1ccc(-c2nnc(CCC(=O)N3CCN(Cc4csc(C)n4)CC3)o2)cc1. The Morgan fingerprint density at radius 3 is 2.55 bits per heavy atom. The molecule has 0 saturated carbocycles. The third-order valence-electron chi connectivity index (χ3n) is 5.10. The molecule has 0 bridgehead atoms. The molecule has 1 saturated heterocycles. The second-order valence-electron chi connectivity index (χ2n) is 7.38. The van der Waals surface area contributed by atoms with Gasteiger partial charge in [-0.15, -0.1) is 21.5 Å². The van der Waals surface area contributed by atoms with Crippen molar-refractivity contribution >= 4 is 17.2 Å². The molecule has 1 fully saturated rings. The Morgan fingerprint density at radius 2 is 1.86 bits per heavy atom. The zero-order valence-electron chi connectivity index (χ0n) is 16.8. The average Bonchev–Trinajstić information content (AvgIpc) is 3.36. The van der Waals surface area contributed by atoms with Gasteiger partial charge >= 0.3 is 0 Å². The fourth-order valence-corrected chi connectivity index (χ4v) is 4.01. The maximum absolute atomic E-state index is 12.6. The Bertz CT molecular complexity index is 958. The lowest BCUT2D eigenvalue weighted by molar-refractivity contribution is -0.133. The van der Waals surface area contributed by atoms with Gasteiger partial charge in [0.25, 0.3) is 0 Å². The number of carbonyl (C=O) groups is 1. The number of carbonyl (C=O) groups excluding carboxylic acids is 1. The molecule has 1 amide bonds. The molecular weight excluding hydrogens is 386 g/mol. The van der Waals surface area contributed by atoms with E-state index in [-0.39, 0.29) is 5.91 Å². The topological polar surface area (TPSA) is 75.4 Å². The van der Waals surface area contributed by atoms with Crippen LogP contribution in [-0.4, -0.2) is 57.1 Å². The van der Waals surface area contributed by atoms with Gasteiger partial charge in [0, 0.05) is 56.5 Å². The summed E-state index contributed by atoms with van der Waals surface area (Å²) in [7, 11) is 0. The van der Waals surface area contributed by atoms with Crippen LogP contribution in [0.1, 0.15) is 28.6 Å². The molecule has 29 heavy (non-hydrogen) atoms. The summed E-state index contributed by atoms with van der Waals surface area (Å²) < 4.78 is 5.73. The lowest BCUT2D eigenvalue weighted by Gasteiger charge is -2.34. The Kier molecular flexibility index (Phi) is 6.01. The minimum Gasteiger partial charge on any atom is -0.421 e. The highest BCUT2D eigenvalue weighted by Crippen LogP contribution is 2.19. The van der Waals surface area contributed by atoms with Gasteiger partial charge < -0.3 is 9.32 Å². The summed E-state index contributed by atoms with van der Waals surface area (Å²) in [6.45, 7) is 8.17. The molecule has 1 aliphatic heterocycles. The standard InChI is InChI=1S/C21H25N5O2S/c1-15-3-5-17(6-4-15)21-24-23-19(28-21)7-8-20(27)26-11-9-25(10-12-26)13-18-14-29-16(2)22-18/h3-6,14H,7-13H2,1-2H3. The third kappa shape index (κ3) is 5.07. The number of hydrogen-bond donors (Lipinski definition) is 0. The number of hydrogen-bond acceptors (Lipinski definition) is 7. The van der Waals surface area contributed by atoms with Crippen LogP contribution < -0.4 is 0 Å². The van der Waals surface area contributed by atoms with Crippen LogP contribution in [0.4, 0.5) is 0 Å². The Labute approximate surface area is 174 Å². The summed E-state index contributed by atoms with van der Waals surface area (Å²) in [5.41, 5.74) is 3.20. The van der Waals surface area contributed by atoms with Gasteiger partial charge in [0.05, 0.1) is 10.7 Å². The van der Waals surface area contributed by atoms with Gasteiger partial charge in [-0.25, -0.2) is 4.98 Å². The van der Waals surface area contributed by atoms with Crippen molar-refractivity contribution in [2.75, 3.05) is 26.2 Å². The molecule has 0 N–H and O–H groups in total. The highest BCUT2D eigenvalue weighted by atomic mass is 32.1. The predicted molar refractivity (Wildman–Crippen MR) is 112 cm³/mol. The van der Waals surface area contributed by atoms with Gasteiger partial charge in [-0.3, -0.25) is 9.69 Å². The lowest BCUT2D eigenvalue weighted by Crippen LogP contribution is -2.48. The molecule has 0 spiro atoms. The van der Waals surface area contributed by atoms with Gasteiger partial charge in [-0.2, -0.15) is 0 Å². The number of rotatable bonds is 6. The van der Waals surface area contributed by atoms with Crippen LogP contribution in [0.2, 0.25) is 0 Å². The van der Waals surface area contributed by atoms with Crippen molar-refractivity contribution < 1.29 is 9.21 Å². The van der Waals surface area contributed by atoms with Crippen LogP contribution in [0.5, 0.6) is 0 Å². The van der Waals surface area contributed by atoms with E-state index in [0.29, 0.717) is 24.6 Å². The molecule has 152 valence electrons. The van der Waals surface area contributed by atoms with E-state index in [1.807, 2.05) is 43.0 Å². The van der Waals surface area contributed by atoms with Crippen LogP contribution >= 0.6 is 11.3 Å². The Hall–Kier alpha value is -2.58. The molecule has 0 atom stereocenters. The van der Waals surface area contributed by atoms with E-state index in [9.17, 15) is 4.79 Å². The van der Waals surface area contributed by atoms with Crippen molar-refractivity contribution in [1.82, 2.24) is 25.0 Å². The van der Waals surface area contributed by atoms with E-state index in [1.54, 1.807) is 11.3 Å². The minimum atomic E-state index is 0.143. The predicted octanol–water partition coefficient (Wildman–Crippen LogP) is 3.09. The van der Waals surface area contributed by atoms with Gasteiger partial charge in [0.15, 0.2) is 0 Å². The first-order valence-electron chi connectivity index (χ1n) is 9.87. The maximum atomic E-state index is 12.6.